The van der Waals surface area contributed by atoms with Crippen molar-refractivity contribution >= 4 is 17.9 Å². The van der Waals surface area contributed by atoms with Crippen LogP contribution in [-0.4, -0.2) is 25.0 Å². The van der Waals surface area contributed by atoms with Gasteiger partial charge in [0.25, 0.3) is 11.8 Å². The van der Waals surface area contributed by atoms with Gasteiger partial charge in [0.15, 0.2) is 6.10 Å². The highest BCUT2D eigenvalue weighted by atomic mass is 16.5. The Morgan fingerprint density at radius 2 is 1.74 bits per heavy atom. The van der Waals surface area contributed by atoms with Crippen LogP contribution in [0.2, 0.25) is 0 Å². The third-order valence-corrected chi connectivity index (χ3v) is 4.08. The van der Waals surface area contributed by atoms with Gasteiger partial charge in [0, 0.05) is 6.08 Å². The fraction of sp³-hybridized carbons (Fsp3) is 0.238. The van der Waals surface area contributed by atoms with Crippen LogP contribution in [0.25, 0.3) is 6.08 Å². The molecule has 0 radical (unpaired) electrons. The molecule has 0 aliphatic rings. The van der Waals surface area contributed by atoms with Crippen molar-refractivity contribution in [1.82, 2.24) is 10.9 Å². The molecule has 0 aliphatic heterocycles. The van der Waals surface area contributed by atoms with Gasteiger partial charge in [-0.2, -0.15) is 0 Å². The van der Waals surface area contributed by atoms with E-state index in [0.29, 0.717) is 5.75 Å². The first-order valence-corrected chi connectivity index (χ1v) is 8.55. The number of ether oxygens (including phenoxy) is 2. The summed E-state index contributed by atoms with van der Waals surface area (Å²) < 4.78 is 10.8. The van der Waals surface area contributed by atoms with Crippen LogP contribution in [0.5, 0.6) is 11.5 Å². The van der Waals surface area contributed by atoms with Crippen molar-refractivity contribution in [3.63, 3.8) is 0 Å². The molecule has 0 saturated heterocycles. The predicted molar refractivity (Wildman–Crippen MR) is 104 cm³/mol. The topological polar surface area (TPSA) is 76.7 Å². The molecule has 27 heavy (non-hydrogen) atoms. The first-order valence-electron chi connectivity index (χ1n) is 8.55. The van der Waals surface area contributed by atoms with E-state index in [1.54, 1.807) is 32.2 Å². The van der Waals surface area contributed by atoms with E-state index in [2.05, 4.69) is 10.9 Å². The van der Waals surface area contributed by atoms with Crippen molar-refractivity contribution in [3.05, 3.63) is 65.2 Å². The monoisotopic (exact) mass is 368 g/mol. The molecule has 6 nitrogen and oxygen atoms in total. The summed E-state index contributed by atoms with van der Waals surface area (Å²) in [4.78, 5) is 23.9. The molecule has 0 spiro atoms. The first-order chi connectivity index (χ1) is 12.9. The summed E-state index contributed by atoms with van der Waals surface area (Å²) >= 11 is 0. The predicted octanol–water partition coefficient (Wildman–Crippen LogP) is 2.94. The number of aryl methyl sites for hydroxylation is 1. The number of hydrogen-bond donors (Lipinski definition) is 2. The van der Waals surface area contributed by atoms with Gasteiger partial charge in [-0.15, -0.1) is 0 Å². The van der Waals surface area contributed by atoms with Crippen molar-refractivity contribution < 1.29 is 19.1 Å². The number of benzene rings is 2. The molecule has 6 heteroatoms. The van der Waals surface area contributed by atoms with Gasteiger partial charge in [0.2, 0.25) is 0 Å². The Morgan fingerprint density at radius 1 is 1.04 bits per heavy atom. The Morgan fingerprint density at radius 3 is 2.41 bits per heavy atom. The fourth-order valence-electron chi connectivity index (χ4n) is 2.25. The molecule has 0 fully saturated rings. The number of carbonyl (C=O) groups excluding carboxylic acids is 2. The summed E-state index contributed by atoms with van der Waals surface area (Å²) in [6.07, 6.45) is 2.21. The zero-order valence-corrected chi connectivity index (χ0v) is 15.9. The minimum atomic E-state index is -0.753. The number of amides is 2. The summed E-state index contributed by atoms with van der Waals surface area (Å²) in [6, 6.07) is 12.9. The number of methoxy groups -OCH3 is 1. The van der Waals surface area contributed by atoms with Crippen LogP contribution < -0.4 is 20.3 Å². The van der Waals surface area contributed by atoms with Crippen LogP contribution in [0.4, 0.5) is 0 Å². The zero-order valence-electron chi connectivity index (χ0n) is 15.9. The molecule has 2 N–H and O–H groups in total. The third kappa shape index (κ3) is 5.88. The van der Waals surface area contributed by atoms with E-state index in [9.17, 15) is 9.59 Å². The Labute approximate surface area is 159 Å². The van der Waals surface area contributed by atoms with Crippen LogP contribution in [-0.2, 0) is 9.59 Å². The Kier molecular flexibility index (Phi) is 7.00. The van der Waals surface area contributed by atoms with Gasteiger partial charge in [-0.3, -0.25) is 20.4 Å². The first kappa shape index (κ1) is 20.0. The molecule has 0 saturated carbocycles. The second-order valence-corrected chi connectivity index (χ2v) is 6.04. The maximum Gasteiger partial charge on any atom is 0.279 e. The van der Waals surface area contributed by atoms with E-state index in [-0.39, 0.29) is 0 Å². The molecule has 142 valence electrons. The number of rotatable bonds is 6. The SMILES string of the molecule is COc1ccc(/C=C/C(=O)NNC(=O)C(C)Oc2cccc(C)c2C)cc1. The van der Waals surface area contributed by atoms with Gasteiger partial charge in [-0.25, -0.2) is 0 Å². The number of nitrogens with one attached hydrogen (secondary N) is 2. The van der Waals surface area contributed by atoms with Gasteiger partial charge in [0.05, 0.1) is 7.11 Å². The number of hydrazine groups is 1. The lowest BCUT2D eigenvalue weighted by Crippen LogP contribution is -2.46. The lowest BCUT2D eigenvalue weighted by Gasteiger charge is -2.17. The molecule has 1 unspecified atom stereocenters. The van der Waals surface area contributed by atoms with E-state index in [4.69, 9.17) is 9.47 Å². The van der Waals surface area contributed by atoms with E-state index in [0.717, 1.165) is 22.4 Å². The maximum atomic E-state index is 12.1. The Balaban J connectivity index is 1.83. The maximum absolute atomic E-state index is 12.1. The highest BCUT2D eigenvalue weighted by Gasteiger charge is 2.16. The van der Waals surface area contributed by atoms with Crippen LogP contribution in [0.1, 0.15) is 23.6 Å². The standard InChI is InChI=1S/C21H24N2O4/c1-14-6-5-7-19(15(14)2)27-16(3)21(25)23-22-20(24)13-10-17-8-11-18(26-4)12-9-17/h5-13,16H,1-4H3,(H,22,24)(H,23,25)/b13-10+. The van der Waals surface area contributed by atoms with Crippen LogP contribution in [0.3, 0.4) is 0 Å². The molecule has 0 aromatic heterocycles. The Hall–Kier alpha value is -3.28. The number of carbonyl (C=O) groups is 2. The fourth-order valence-corrected chi connectivity index (χ4v) is 2.25. The minimum absolute atomic E-state index is 0.442. The highest BCUT2D eigenvalue weighted by molar-refractivity contribution is 5.93. The summed E-state index contributed by atoms with van der Waals surface area (Å²) in [7, 11) is 1.59. The molecule has 2 amide bonds. The lowest BCUT2D eigenvalue weighted by molar-refractivity contribution is -0.131. The van der Waals surface area contributed by atoms with Gasteiger partial charge in [-0.1, -0.05) is 24.3 Å². The van der Waals surface area contributed by atoms with Crippen LogP contribution in [0, 0.1) is 13.8 Å². The van der Waals surface area contributed by atoms with Gasteiger partial charge >= 0.3 is 0 Å². The Bertz CT molecular complexity index is 829. The van der Waals surface area contributed by atoms with Crippen molar-refractivity contribution in [2.45, 2.75) is 26.9 Å². The van der Waals surface area contributed by atoms with Crippen molar-refractivity contribution in [2.75, 3.05) is 7.11 Å². The molecule has 0 heterocycles. The van der Waals surface area contributed by atoms with Gasteiger partial charge in [0.1, 0.15) is 11.5 Å². The van der Waals surface area contributed by atoms with E-state index in [1.165, 1.54) is 6.08 Å². The van der Waals surface area contributed by atoms with E-state index >= 15 is 0 Å². The third-order valence-electron chi connectivity index (χ3n) is 4.08. The van der Waals surface area contributed by atoms with Gasteiger partial charge in [-0.05, 0) is 61.7 Å². The van der Waals surface area contributed by atoms with Crippen molar-refractivity contribution in [3.8, 4) is 11.5 Å². The molecule has 0 bridgehead atoms. The van der Waals surface area contributed by atoms with Gasteiger partial charge < -0.3 is 9.47 Å². The second kappa shape index (κ2) is 9.43. The summed E-state index contributed by atoms with van der Waals surface area (Å²) in [6.45, 7) is 5.53. The van der Waals surface area contributed by atoms with Crippen molar-refractivity contribution in [1.29, 1.82) is 0 Å². The minimum Gasteiger partial charge on any atom is -0.497 e. The largest absolute Gasteiger partial charge is 0.497 e. The smallest absolute Gasteiger partial charge is 0.279 e. The molecular formula is C21H24N2O4. The molecule has 0 aliphatic carbocycles. The molecule has 2 aromatic rings. The van der Waals surface area contributed by atoms with E-state index < -0.39 is 17.9 Å². The van der Waals surface area contributed by atoms with Crippen LogP contribution in [0.15, 0.2) is 48.5 Å². The summed E-state index contributed by atoms with van der Waals surface area (Å²) in [5.41, 5.74) is 7.59. The normalized spacial score (nSPS) is 11.7. The molecular weight excluding hydrogens is 344 g/mol. The molecule has 2 aromatic carbocycles. The van der Waals surface area contributed by atoms with E-state index in [1.807, 2.05) is 44.2 Å². The van der Waals surface area contributed by atoms with Crippen LogP contribution >= 0.6 is 0 Å². The molecule has 2 rings (SSSR count). The average molecular weight is 368 g/mol. The lowest BCUT2D eigenvalue weighted by atomic mass is 10.1. The average Bonchev–Trinajstić information content (AvgIpc) is 2.68. The molecule has 1 atom stereocenters. The number of hydrogen-bond acceptors (Lipinski definition) is 4. The van der Waals surface area contributed by atoms with Crippen molar-refractivity contribution in [2.24, 2.45) is 0 Å². The zero-order chi connectivity index (χ0) is 19.8. The highest BCUT2D eigenvalue weighted by Crippen LogP contribution is 2.21. The summed E-state index contributed by atoms with van der Waals surface area (Å²) in [5, 5.41) is 0. The second-order valence-electron chi connectivity index (χ2n) is 6.04. The quantitative estimate of drug-likeness (QED) is 0.607. The summed E-state index contributed by atoms with van der Waals surface area (Å²) in [5.74, 6) is 0.491.